The first-order chi connectivity index (χ1) is 8.17. The smallest absolute Gasteiger partial charge is 0.229 e. The van der Waals surface area contributed by atoms with Crippen molar-refractivity contribution in [1.82, 2.24) is 10.2 Å². The fraction of sp³-hybridized carbons (Fsp3) is 0.818. The summed E-state index contributed by atoms with van der Waals surface area (Å²) in [5, 5.41) is 2.85. The Morgan fingerprint density at radius 2 is 2.41 bits per heavy atom. The van der Waals surface area contributed by atoms with Gasteiger partial charge >= 0.3 is 0 Å². The quantitative estimate of drug-likeness (QED) is 0.698. The van der Waals surface area contributed by atoms with Crippen LogP contribution in [0.4, 0.5) is 0 Å². The molecule has 2 amide bonds. The fourth-order valence-electron chi connectivity index (χ4n) is 1.85. The average molecular weight is 260 g/mol. The van der Waals surface area contributed by atoms with E-state index in [0.29, 0.717) is 31.9 Å². The summed E-state index contributed by atoms with van der Waals surface area (Å²) < 4.78 is 4.95. The average Bonchev–Trinajstić information content (AvgIpc) is 2.65. The van der Waals surface area contributed by atoms with Crippen LogP contribution in [0.2, 0.25) is 0 Å². The van der Waals surface area contributed by atoms with Crippen LogP contribution in [0.15, 0.2) is 0 Å². The Kier molecular flexibility index (Phi) is 6.36. The van der Waals surface area contributed by atoms with Gasteiger partial charge in [-0.1, -0.05) is 0 Å². The van der Waals surface area contributed by atoms with Gasteiger partial charge in [0.2, 0.25) is 11.8 Å². The highest BCUT2D eigenvalue weighted by Crippen LogP contribution is 2.16. The van der Waals surface area contributed by atoms with Crippen LogP contribution in [0.1, 0.15) is 6.42 Å². The van der Waals surface area contributed by atoms with E-state index >= 15 is 0 Å². The molecule has 1 rings (SSSR count). The van der Waals surface area contributed by atoms with Crippen LogP contribution in [-0.2, 0) is 14.3 Å². The number of amides is 2. The van der Waals surface area contributed by atoms with Gasteiger partial charge < -0.3 is 15.0 Å². The van der Waals surface area contributed by atoms with Gasteiger partial charge in [-0.15, -0.1) is 0 Å². The zero-order chi connectivity index (χ0) is 12.7. The molecule has 17 heavy (non-hydrogen) atoms. The lowest BCUT2D eigenvalue weighted by atomic mass is 10.1. The third kappa shape index (κ3) is 4.95. The van der Waals surface area contributed by atoms with Crippen molar-refractivity contribution in [3.63, 3.8) is 0 Å². The van der Waals surface area contributed by atoms with E-state index in [1.165, 1.54) is 11.8 Å². The van der Waals surface area contributed by atoms with Crippen molar-refractivity contribution in [2.45, 2.75) is 6.42 Å². The van der Waals surface area contributed by atoms with Gasteiger partial charge in [-0.3, -0.25) is 9.59 Å². The Morgan fingerprint density at radius 1 is 1.65 bits per heavy atom. The van der Waals surface area contributed by atoms with E-state index in [1.807, 2.05) is 6.26 Å². The Morgan fingerprint density at radius 3 is 3.06 bits per heavy atom. The number of hydrogen-bond acceptors (Lipinski definition) is 4. The lowest BCUT2D eigenvalue weighted by Gasteiger charge is -2.16. The Labute approximate surface area is 106 Å². The molecule has 1 fully saturated rings. The van der Waals surface area contributed by atoms with E-state index in [0.717, 1.165) is 6.54 Å². The van der Waals surface area contributed by atoms with Crippen LogP contribution < -0.4 is 5.32 Å². The second-order valence-corrected chi connectivity index (χ2v) is 5.01. The third-order valence-electron chi connectivity index (χ3n) is 2.72. The molecule has 0 aromatic rings. The van der Waals surface area contributed by atoms with Crippen molar-refractivity contribution >= 4 is 23.6 Å². The minimum absolute atomic E-state index is 0.0419. The second-order valence-electron chi connectivity index (χ2n) is 4.14. The summed E-state index contributed by atoms with van der Waals surface area (Å²) in [6.45, 7) is 2.53. The molecule has 98 valence electrons. The largest absolute Gasteiger partial charge is 0.383 e. The van der Waals surface area contributed by atoms with E-state index in [9.17, 15) is 9.59 Å². The predicted octanol–water partition coefficient (Wildman–Crippen LogP) is -0.0395. The van der Waals surface area contributed by atoms with E-state index in [1.54, 1.807) is 12.0 Å². The molecule has 6 heteroatoms. The van der Waals surface area contributed by atoms with Gasteiger partial charge in [-0.2, -0.15) is 11.8 Å². The van der Waals surface area contributed by atoms with Gasteiger partial charge in [-0.05, 0) is 6.26 Å². The number of carbonyl (C=O) groups is 2. The van der Waals surface area contributed by atoms with Crippen LogP contribution in [-0.4, -0.2) is 62.1 Å². The molecule has 0 saturated carbocycles. The lowest BCUT2D eigenvalue weighted by Crippen LogP contribution is -2.33. The summed E-state index contributed by atoms with van der Waals surface area (Å²) >= 11 is 1.50. The molecule has 1 aliphatic heterocycles. The predicted molar refractivity (Wildman–Crippen MR) is 68.0 cm³/mol. The van der Waals surface area contributed by atoms with Crippen LogP contribution in [0, 0.1) is 5.92 Å². The van der Waals surface area contributed by atoms with Gasteiger partial charge in [0.15, 0.2) is 0 Å². The molecule has 1 atom stereocenters. The number of carbonyl (C=O) groups excluding carboxylic acids is 2. The molecule has 1 heterocycles. The summed E-state index contributed by atoms with van der Waals surface area (Å²) in [5.41, 5.74) is 0. The molecule has 0 aromatic carbocycles. The molecule has 0 bridgehead atoms. The van der Waals surface area contributed by atoms with E-state index in [-0.39, 0.29) is 17.7 Å². The van der Waals surface area contributed by atoms with E-state index < -0.39 is 0 Å². The van der Waals surface area contributed by atoms with Crippen molar-refractivity contribution in [3.8, 4) is 0 Å². The van der Waals surface area contributed by atoms with Gasteiger partial charge in [-0.25, -0.2) is 0 Å². The molecule has 5 nitrogen and oxygen atoms in total. The lowest BCUT2D eigenvalue weighted by molar-refractivity contribution is -0.128. The topological polar surface area (TPSA) is 58.6 Å². The van der Waals surface area contributed by atoms with Crippen molar-refractivity contribution in [1.29, 1.82) is 0 Å². The molecular formula is C11H20N2O3S. The first-order valence-corrected chi connectivity index (χ1v) is 7.09. The number of nitrogens with one attached hydrogen (secondary N) is 1. The zero-order valence-corrected chi connectivity index (χ0v) is 11.2. The standard InChI is InChI=1S/C11H20N2O3S/c1-16-4-3-13-7-9(5-11(13)15)6-12-10(14)8-17-2/h9H,3-8H2,1-2H3,(H,12,14)/t9-/m1/s1. The Bertz CT molecular complexity index is 273. The van der Waals surface area contributed by atoms with Gasteiger partial charge in [0.1, 0.15) is 0 Å². The minimum Gasteiger partial charge on any atom is -0.383 e. The molecular weight excluding hydrogens is 240 g/mol. The molecule has 1 saturated heterocycles. The normalized spacial score (nSPS) is 19.8. The minimum atomic E-state index is 0.0419. The van der Waals surface area contributed by atoms with Crippen molar-refractivity contribution < 1.29 is 14.3 Å². The van der Waals surface area contributed by atoms with Crippen molar-refractivity contribution in [2.75, 3.05) is 45.4 Å². The first kappa shape index (κ1) is 14.3. The molecule has 1 N–H and O–H groups in total. The summed E-state index contributed by atoms with van der Waals surface area (Å²) in [7, 11) is 1.63. The van der Waals surface area contributed by atoms with Crippen LogP contribution in [0.5, 0.6) is 0 Å². The van der Waals surface area contributed by atoms with Crippen LogP contribution in [0.25, 0.3) is 0 Å². The number of likely N-dealkylation sites (tertiary alicyclic amines) is 1. The molecule has 1 aliphatic rings. The van der Waals surface area contributed by atoms with Crippen molar-refractivity contribution in [3.05, 3.63) is 0 Å². The summed E-state index contributed by atoms with van der Waals surface area (Å²) in [6, 6.07) is 0. The van der Waals surface area contributed by atoms with Gasteiger partial charge in [0.05, 0.1) is 12.4 Å². The number of hydrogen-bond donors (Lipinski definition) is 1. The highest BCUT2D eigenvalue weighted by molar-refractivity contribution is 7.99. The van der Waals surface area contributed by atoms with Crippen molar-refractivity contribution in [2.24, 2.45) is 5.92 Å². The number of methoxy groups -OCH3 is 1. The number of nitrogens with zero attached hydrogens (tertiary/aromatic N) is 1. The highest BCUT2D eigenvalue weighted by atomic mass is 32.2. The summed E-state index contributed by atoms with van der Waals surface area (Å²) in [6.07, 6.45) is 2.43. The monoisotopic (exact) mass is 260 g/mol. The zero-order valence-electron chi connectivity index (χ0n) is 10.4. The fourth-order valence-corrected chi connectivity index (χ4v) is 2.21. The third-order valence-corrected chi connectivity index (χ3v) is 3.27. The molecule has 0 radical (unpaired) electrons. The van der Waals surface area contributed by atoms with E-state index in [2.05, 4.69) is 5.32 Å². The van der Waals surface area contributed by atoms with E-state index in [4.69, 9.17) is 4.74 Å². The first-order valence-electron chi connectivity index (χ1n) is 5.69. The van der Waals surface area contributed by atoms with Gasteiger partial charge in [0.25, 0.3) is 0 Å². The molecule has 0 unspecified atom stereocenters. The summed E-state index contributed by atoms with van der Waals surface area (Å²) in [5.74, 6) is 0.922. The number of thioether (sulfide) groups is 1. The highest BCUT2D eigenvalue weighted by Gasteiger charge is 2.29. The maximum absolute atomic E-state index is 11.6. The Hall–Kier alpha value is -0.750. The maximum Gasteiger partial charge on any atom is 0.229 e. The number of ether oxygens (including phenoxy) is 1. The van der Waals surface area contributed by atoms with Crippen LogP contribution >= 0.6 is 11.8 Å². The summed E-state index contributed by atoms with van der Waals surface area (Å²) in [4.78, 5) is 24.7. The molecule has 0 aliphatic carbocycles. The van der Waals surface area contributed by atoms with Crippen LogP contribution in [0.3, 0.4) is 0 Å². The van der Waals surface area contributed by atoms with Gasteiger partial charge in [0, 0.05) is 39.1 Å². The Balaban J connectivity index is 2.24. The molecule has 0 spiro atoms. The number of rotatable bonds is 7. The second kappa shape index (κ2) is 7.55. The maximum atomic E-state index is 11.6. The molecule has 0 aromatic heterocycles. The SMILES string of the molecule is COCCN1C[C@@H](CNC(=O)CSC)CC1=O.